The molecule has 0 radical (unpaired) electrons. The number of halogens is 1. The summed E-state index contributed by atoms with van der Waals surface area (Å²) in [6.45, 7) is 0. The van der Waals surface area contributed by atoms with Crippen molar-refractivity contribution in [3.63, 3.8) is 0 Å². The van der Waals surface area contributed by atoms with Crippen molar-refractivity contribution < 1.29 is 14.7 Å². The fourth-order valence-corrected chi connectivity index (χ4v) is 3.18. The molecule has 1 saturated heterocycles. The average Bonchev–Trinajstić information content (AvgIpc) is 2.86. The molecule has 1 heterocycles. The first kappa shape index (κ1) is 18.0. The largest absolute Gasteiger partial charge is 0.507 e. The molecule has 2 aromatic carbocycles. The number of aliphatic hydroxyl groups excluding tert-OH is 1. The Morgan fingerprint density at radius 2 is 1.62 bits per heavy atom. The lowest BCUT2D eigenvalue weighted by Gasteiger charge is -2.22. The third-order valence-electron chi connectivity index (χ3n) is 4.52. The summed E-state index contributed by atoms with van der Waals surface area (Å²) in [7, 11) is 5.43. The molecule has 1 aliphatic heterocycles. The van der Waals surface area contributed by atoms with Crippen LogP contribution in [0.4, 0.5) is 5.69 Å². The number of hydrogen-bond acceptors (Lipinski definition) is 4. The van der Waals surface area contributed by atoms with Gasteiger partial charge < -0.3 is 14.9 Å². The van der Waals surface area contributed by atoms with E-state index in [1.165, 1.54) is 4.90 Å². The predicted octanol–water partition coefficient (Wildman–Crippen LogP) is 3.46. The summed E-state index contributed by atoms with van der Waals surface area (Å²) < 4.78 is 0. The van der Waals surface area contributed by atoms with E-state index in [1.54, 1.807) is 31.3 Å². The summed E-state index contributed by atoms with van der Waals surface area (Å²) in [5.74, 6) is -1.53. The monoisotopic (exact) mass is 370 g/mol. The summed E-state index contributed by atoms with van der Waals surface area (Å²) in [6, 6.07) is 13.4. The zero-order chi connectivity index (χ0) is 19.0. The molecule has 134 valence electrons. The van der Waals surface area contributed by atoms with Gasteiger partial charge in [0.25, 0.3) is 11.7 Å². The molecule has 1 atom stereocenters. The van der Waals surface area contributed by atoms with Gasteiger partial charge in [-0.05, 0) is 42.0 Å². The Hall–Kier alpha value is -2.79. The number of amides is 1. The first-order chi connectivity index (χ1) is 12.3. The molecule has 1 amide bonds. The highest BCUT2D eigenvalue weighted by atomic mass is 35.5. The Morgan fingerprint density at radius 1 is 1.04 bits per heavy atom. The number of likely N-dealkylation sites (tertiary alicyclic amines) is 1. The molecule has 3 rings (SSSR count). The minimum Gasteiger partial charge on any atom is -0.507 e. The lowest BCUT2D eigenvalue weighted by molar-refractivity contribution is -0.139. The number of nitrogens with zero attached hydrogens (tertiary/aromatic N) is 2. The third-order valence-corrected chi connectivity index (χ3v) is 4.77. The van der Waals surface area contributed by atoms with Gasteiger partial charge in [-0.3, -0.25) is 9.59 Å². The zero-order valence-electron chi connectivity index (χ0n) is 14.7. The smallest absolute Gasteiger partial charge is 0.295 e. The number of Topliss-reactive ketones (excluding diaryl/α,β-unsaturated/α-hetero) is 1. The molecule has 0 saturated carbocycles. The summed E-state index contributed by atoms with van der Waals surface area (Å²) in [5, 5.41) is 11.2. The molecule has 26 heavy (non-hydrogen) atoms. The van der Waals surface area contributed by atoms with E-state index in [0.29, 0.717) is 10.6 Å². The van der Waals surface area contributed by atoms with E-state index in [-0.39, 0.29) is 11.3 Å². The van der Waals surface area contributed by atoms with Crippen molar-refractivity contribution in [2.45, 2.75) is 6.04 Å². The maximum atomic E-state index is 12.5. The summed E-state index contributed by atoms with van der Waals surface area (Å²) >= 11 is 5.88. The van der Waals surface area contributed by atoms with Crippen LogP contribution in [0.15, 0.2) is 54.1 Å². The number of benzene rings is 2. The Labute approximate surface area is 157 Å². The maximum Gasteiger partial charge on any atom is 0.295 e. The van der Waals surface area contributed by atoms with Gasteiger partial charge in [0.15, 0.2) is 0 Å². The second-order valence-electron chi connectivity index (χ2n) is 6.40. The third kappa shape index (κ3) is 3.06. The van der Waals surface area contributed by atoms with Crippen LogP contribution in [0.25, 0.3) is 5.76 Å². The van der Waals surface area contributed by atoms with E-state index < -0.39 is 17.7 Å². The highest BCUT2D eigenvalue weighted by molar-refractivity contribution is 6.46. The Kier molecular flexibility index (Phi) is 4.74. The van der Waals surface area contributed by atoms with Crippen LogP contribution in [0.3, 0.4) is 0 Å². The molecule has 1 aliphatic rings. The number of rotatable bonds is 3. The zero-order valence-corrected chi connectivity index (χ0v) is 15.5. The van der Waals surface area contributed by atoms with Crippen molar-refractivity contribution >= 4 is 34.7 Å². The van der Waals surface area contributed by atoms with Crippen molar-refractivity contribution in [3.8, 4) is 0 Å². The highest BCUT2D eigenvalue weighted by Gasteiger charge is 2.44. The standard InChI is InChI=1S/C20H19ClN2O3/c1-22(2)15-10-6-12(7-11-15)17-16(19(25)20(26)23(17)3)18(24)13-4-8-14(21)9-5-13/h4-11,17,24H,1-3H3/t17-/m1/s1. The van der Waals surface area contributed by atoms with E-state index in [0.717, 1.165) is 11.3 Å². The molecule has 1 fully saturated rings. The minimum absolute atomic E-state index is 0.0809. The van der Waals surface area contributed by atoms with E-state index in [4.69, 9.17) is 11.6 Å². The van der Waals surface area contributed by atoms with Crippen LogP contribution in [0.5, 0.6) is 0 Å². The number of hydrogen-bond donors (Lipinski definition) is 1. The topological polar surface area (TPSA) is 60.9 Å². The second kappa shape index (κ2) is 6.84. The maximum absolute atomic E-state index is 12.5. The number of likely N-dealkylation sites (N-methyl/N-ethyl adjacent to an activating group) is 1. The number of carbonyl (C=O) groups is 2. The van der Waals surface area contributed by atoms with Crippen molar-refractivity contribution in [2.24, 2.45) is 0 Å². The van der Waals surface area contributed by atoms with Gasteiger partial charge in [0.05, 0.1) is 11.6 Å². The fraction of sp³-hybridized carbons (Fsp3) is 0.200. The first-order valence-corrected chi connectivity index (χ1v) is 8.47. The van der Waals surface area contributed by atoms with Crippen LogP contribution in [-0.2, 0) is 9.59 Å². The predicted molar refractivity (Wildman–Crippen MR) is 102 cm³/mol. The fourth-order valence-electron chi connectivity index (χ4n) is 3.06. The summed E-state index contributed by atoms with van der Waals surface area (Å²) in [5.41, 5.74) is 2.28. The molecule has 1 N–H and O–H groups in total. The van der Waals surface area contributed by atoms with Gasteiger partial charge in [-0.2, -0.15) is 0 Å². The van der Waals surface area contributed by atoms with Crippen LogP contribution in [0.1, 0.15) is 17.2 Å². The molecule has 0 unspecified atom stereocenters. The van der Waals surface area contributed by atoms with E-state index in [2.05, 4.69) is 0 Å². The van der Waals surface area contributed by atoms with Crippen LogP contribution in [0, 0.1) is 0 Å². The van der Waals surface area contributed by atoms with Gasteiger partial charge in [-0.15, -0.1) is 0 Å². The SMILES string of the molecule is CN(C)c1ccc([C@@H]2C(=C(O)c3ccc(Cl)cc3)C(=O)C(=O)N2C)cc1. The lowest BCUT2D eigenvalue weighted by atomic mass is 9.95. The van der Waals surface area contributed by atoms with Crippen LogP contribution < -0.4 is 4.90 Å². The van der Waals surface area contributed by atoms with Gasteiger partial charge in [0, 0.05) is 37.4 Å². The van der Waals surface area contributed by atoms with Gasteiger partial charge in [-0.1, -0.05) is 23.7 Å². The van der Waals surface area contributed by atoms with Crippen molar-refractivity contribution in [1.82, 2.24) is 4.90 Å². The van der Waals surface area contributed by atoms with E-state index >= 15 is 0 Å². The number of aliphatic hydroxyl groups is 1. The summed E-state index contributed by atoms with van der Waals surface area (Å²) in [6.07, 6.45) is 0. The van der Waals surface area contributed by atoms with Crippen LogP contribution in [-0.4, -0.2) is 42.8 Å². The second-order valence-corrected chi connectivity index (χ2v) is 6.84. The van der Waals surface area contributed by atoms with E-state index in [1.807, 2.05) is 43.3 Å². The van der Waals surface area contributed by atoms with Crippen molar-refractivity contribution in [3.05, 3.63) is 70.3 Å². The Morgan fingerprint density at radius 3 is 2.15 bits per heavy atom. The van der Waals surface area contributed by atoms with Crippen molar-refractivity contribution in [1.29, 1.82) is 0 Å². The molecule has 0 aromatic heterocycles. The van der Waals surface area contributed by atoms with Crippen LogP contribution >= 0.6 is 11.6 Å². The molecular weight excluding hydrogens is 352 g/mol. The molecule has 0 bridgehead atoms. The van der Waals surface area contributed by atoms with Gasteiger partial charge >= 0.3 is 0 Å². The van der Waals surface area contributed by atoms with Gasteiger partial charge in [0.2, 0.25) is 0 Å². The Balaban J connectivity index is 2.11. The van der Waals surface area contributed by atoms with Gasteiger partial charge in [0.1, 0.15) is 5.76 Å². The average molecular weight is 371 g/mol. The number of ketones is 1. The lowest BCUT2D eigenvalue weighted by Crippen LogP contribution is -2.24. The highest BCUT2D eigenvalue weighted by Crippen LogP contribution is 2.38. The molecule has 0 spiro atoms. The molecule has 5 nitrogen and oxygen atoms in total. The molecule has 2 aromatic rings. The molecule has 6 heteroatoms. The normalized spacial score (nSPS) is 19.1. The van der Waals surface area contributed by atoms with Gasteiger partial charge in [-0.25, -0.2) is 0 Å². The summed E-state index contributed by atoms with van der Waals surface area (Å²) in [4.78, 5) is 28.1. The first-order valence-electron chi connectivity index (χ1n) is 8.09. The molecular formula is C20H19ClN2O3. The molecule has 0 aliphatic carbocycles. The van der Waals surface area contributed by atoms with Crippen LogP contribution in [0.2, 0.25) is 5.02 Å². The van der Waals surface area contributed by atoms with E-state index in [9.17, 15) is 14.7 Å². The van der Waals surface area contributed by atoms with Crippen molar-refractivity contribution in [2.75, 3.05) is 26.0 Å². The minimum atomic E-state index is -0.693. The number of carbonyl (C=O) groups excluding carboxylic acids is 2. The Bertz CT molecular complexity index is 886. The quantitative estimate of drug-likeness (QED) is 0.510. The number of anilines is 1.